The van der Waals surface area contributed by atoms with Crippen LogP contribution in [0.5, 0.6) is 0 Å². The molecule has 3 aromatic rings. The van der Waals surface area contributed by atoms with Crippen molar-refractivity contribution in [1.82, 2.24) is 14.8 Å². The molecule has 2 aromatic heterocycles. The van der Waals surface area contributed by atoms with Crippen LogP contribution in [0.2, 0.25) is 0 Å². The minimum absolute atomic E-state index is 0.170. The van der Waals surface area contributed by atoms with Crippen LogP contribution in [0.3, 0.4) is 0 Å². The summed E-state index contributed by atoms with van der Waals surface area (Å²) in [5.74, 6) is 1.73. The van der Waals surface area contributed by atoms with Crippen molar-refractivity contribution >= 4 is 22.8 Å². The monoisotopic (exact) mass is 406 g/mol. The second kappa shape index (κ2) is 7.02. The van der Waals surface area contributed by atoms with Crippen LogP contribution < -0.4 is 0 Å². The minimum Gasteiger partial charge on any atom is -0.299 e. The van der Waals surface area contributed by atoms with Crippen molar-refractivity contribution in [1.29, 1.82) is 0 Å². The third-order valence-corrected chi connectivity index (χ3v) is 6.69. The molecule has 0 saturated carbocycles. The first kappa shape index (κ1) is 19.7. The predicted octanol–water partition coefficient (Wildman–Crippen LogP) is 5.15. The maximum atomic E-state index is 12.9. The van der Waals surface area contributed by atoms with Gasteiger partial charge in [0.15, 0.2) is 5.82 Å². The molecule has 0 N–H and O–H groups in total. The van der Waals surface area contributed by atoms with Gasteiger partial charge in [0.25, 0.3) is 0 Å². The molecule has 0 amide bonds. The lowest BCUT2D eigenvalue weighted by Crippen LogP contribution is -2.23. The first-order chi connectivity index (χ1) is 13.7. The largest absolute Gasteiger partial charge is 0.299 e. The highest BCUT2D eigenvalue weighted by Gasteiger charge is 2.34. The van der Waals surface area contributed by atoms with Gasteiger partial charge in [-0.05, 0) is 26.3 Å². The van der Waals surface area contributed by atoms with Crippen molar-refractivity contribution in [2.75, 3.05) is 0 Å². The number of aromatic nitrogens is 3. The number of aliphatic imine (C=N–C) groups is 1. The maximum absolute atomic E-state index is 12.9. The van der Waals surface area contributed by atoms with Crippen LogP contribution in [0.1, 0.15) is 66.5 Å². The Morgan fingerprint density at radius 2 is 1.79 bits per heavy atom. The van der Waals surface area contributed by atoms with E-state index >= 15 is 0 Å². The van der Waals surface area contributed by atoms with E-state index in [4.69, 9.17) is 4.99 Å². The Kier molecular flexibility index (Phi) is 4.77. The number of aryl methyl sites for hydroxylation is 2. The Morgan fingerprint density at radius 3 is 2.45 bits per heavy atom. The van der Waals surface area contributed by atoms with Crippen molar-refractivity contribution in [3.63, 3.8) is 0 Å². The van der Waals surface area contributed by atoms with Crippen LogP contribution >= 0.6 is 11.3 Å². The summed E-state index contributed by atoms with van der Waals surface area (Å²) in [5.41, 5.74) is 3.90. The van der Waals surface area contributed by atoms with Crippen molar-refractivity contribution in [2.45, 2.75) is 54.0 Å². The van der Waals surface area contributed by atoms with Gasteiger partial charge in [-0.1, -0.05) is 51.1 Å². The zero-order valence-electron chi connectivity index (χ0n) is 17.8. The molecule has 1 atom stereocenters. The Labute approximate surface area is 175 Å². The van der Waals surface area contributed by atoms with E-state index < -0.39 is 5.41 Å². The third-order valence-electron chi connectivity index (χ3n) is 5.50. The smallest absolute Gasteiger partial charge is 0.163 e. The topological polar surface area (TPSA) is 60.1 Å². The normalized spacial score (nSPS) is 16.1. The van der Waals surface area contributed by atoms with Crippen molar-refractivity contribution in [3.05, 3.63) is 63.5 Å². The second-order valence-corrected chi connectivity index (χ2v) is 9.84. The summed E-state index contributed by atoms with van der Waals surface area (Å²) in [6.07, 6.45) is 0.310. The number of carbonyl (C=O) groups is 1. The van der Waals surface area contributed by atoms with Crippen LogP contribution in [-0.2, 0) is 4.79 Å². The zero-order valence-corrected chi connectivity index (χ0v) is 18.6. The molecular formula is C23H26N4OS. The van der Waals surface area contributed by atoms with Gasteiger partial charge in [0, 0.05) is 27.8 Å². The van der Waals surface area contributed by atoms with E-state index in [1.165, 1.54) is 10.4 Å². The molecule has 150 valence electrons. The van der Waals surface area contributed by atoms with Crippen LogP contribution in [0, 0.1) is 26.2 Å². The fourth-order valence-electron chi connectivity index (χ4n) is 3.60. The number of rotatable bonds is 3. The van der Waals surface area contributed by atoms with Gasteiger partial charge in [0.05, 0.1) is 5.71 Å². The van der Waals surface area contributed by atoms with Gasteiger partial charge in [-0.15, -0.1) is 21.5 Å². The Morgan fingerprint density at radius 1 is 1.10 bits per heavy atom. The molecule has 0 radical (unpaired) electrons. The van der Waals surface area contributed by atoms with Crippen molar-refractivity contribution in [3.8, 4) is 5.00 Å². The molecule has 3 heterocycles. The van der Waals surface area contributed by atoms with Crippen LogP contribution in [0.4, 0.5) is 0 Å². The minimum atomic E-state index is -0.425. The summed E-state index contributed by atoms with van der Waals surface area (Å²) >= 11 is 1.73. The number of carbonyl (C=O) groups excluding carboxylic acids is 1. The van der Waals surface area contributed by atoms with Crippen LogP contribution in [-0.4, -0.2) is 26.3 Å². The molecule has 1 aliphatic rings. The number of nitrogens with zero attached hydrogens (tertiary/aromatic N) is 4. The number of thiophene rings is 1. The summed E-state index contributed by atoms with van der Waals surface area (Å²) in [5, 5.41) is 9.88. The van der Waals surface area contributed by atoms with E-state index in [9.17, 15) is 4.79 Å². The number of hydrogen-bond donors (Lipinski definition) is 0. The predicted molar refractivity (Wildman–Crippen MR) is 117 cm³/mol. The molecule has 6 heteroatoms. The average Bonchev–Trinajstić information content (AvgIpc) is 3.14. The van der Waals surface area contributed by atoms with Crippen molar-refractivity contribution in [2.24, 2.45) is 10.4 Å². The SMILES string of the molecule is Cc1sc2c(c1C)C(c1ccccc1)=N[C@@H](CC(=O)C(C)(C)C)c1nnc(C)n1-2. The Balaban J connectivity index is 1.98. The molecule has 0 saturated heterocycles. The van der Waals surface area contributed by atoms with Crippen LogP contribution in [0.15, 0.2) is 35.3 Å². The highest BCUT2D eigenvalue weighted by atomic mass is 32.1. The summed E-state index contributed by atoms with van der Waals surface area (Å²) in [6.45, 7) is 12.1. The molecule has 4 rings (SSSR count). The first-order valence-electron chi connectivity index (χ1n) is 9.87. The second-order valence-electron chi connectivity index (χ2n) is 8.64. The number of hydrogen-bond acceptors (Lipinski definition) is 5. The standard InChI is InChI=1S/C23H26N4OS/c1-13-14(2)29-22-19(13)20(16-10-8-7-9-11-16)24-17(12-18(28)23(4,5)6)21-26-25-15(3)27(21)22/h7-11,17H,12H2,1-6H3/t17-/m0/s1. The lowest BCUT2D eigenvalue weighted by atomic mass is 9.87. The molecule has 0 unspecified atom stereocenters. The van der Waals surface area contributed by atoms with Gasteiger partial charge in [0.2, 0.25) is 0 Å². The molecule has 0 bridgehead atoms. The number of Topliss-reactive ketones (excluding diaryl/α,β-unsaturated/α-hetero) is 1. The third kappa shape index (κ3) is 3.35. The molecule has 5 nitrogen and oxygen atoms in total. The molecule has 0 spiro atoms. The van der Waals surface area contributed by atoms with E-state index in [1.54, 1.807) is 11.3 Å². The van der Waals surface area contributed by atoms with E-state index in [0.717, 1.165) is 33.5 Å². The molecular weight excluding hydrogens is 380 g/mol. The summed E-state index contributed by atoms with van der Waals surface area (Å²) in [6, 6.07) is 9.85. The quantitative estimate of drug-likeness (QED) is 0.604. The number of fused-ring (bicyclic) bond motifs is 3. The van der Waals surface area contributed by atoms with Crippen molar-refractivity contribution < 1.29 is 4.79 Å². The Hall–Kier alpha value is -2.60. The van der Waals surface area contributed by atoms with E-state index in [0.29, 0.717) is 6.42 Å². The van der Waals surface area contributed by atoms with Gasteiger partial charge in [0.1, 0.15) is 22.7 Å². The Bertz CT molecular complexity index is 1120. The lowest BCUT2D eigenvalue weighted by Gasteiger charge is -2.19. The number of benzene rings is 1. The van der Waals surface area contributed by atoms with Gasteiger partial charge >= 0.3 is 0 Å². The molecule has 0 fully saturated rings. The summed E-state index contributed by atoms with van der Waals surface area (Å²) < 4.78 is 2.10. The number of ketones is 1. The summed E-state index contributed by atoms with van der Waals surface area (Å²) in [4.78, 5) is 19.3. The van der Waals surface area contributed by atoms with Gasteiger partial charge in [-0.3, -0.25) is 14.4 Å². The molecule has 29 heavy (non-hydrogen) atoms. The average molecular weight is 407 g/mol. The fourth-order valence-corrected chi connectivity index (χ4v) is 4.82. The highest BCUT2D eigenvalue weighted by Crippen LogP contribution is 2.40. The van der Waals surface area contributed by atoms with E-state index in [1.807, 2.05) is 45.9 Å². The molecule has 1 aromatic carbocycles. The van der Waals surface area contributed by atoms with Gasteiger partial charge in [-0.2, -0.15) is 0 Å². The van der Waals surface area contributed by atoms with E-state index in [2.05, 4.69) is 40.7 Å². The molecule has 1 aliphatic heterocycles. The zero-order chi connectivity index (χ0) is 20.9. The maximum Gasteiger partial charge on any atom is 0.163 e. The van der Waals surface area contributed by atoms with Crippen LogP contribution in [0.25, 0.3) is 5.00 Å². The van der Waals surface area contributed by atoms with E-state index in [-0.39, 0.29) is 11.8 Å². The highest BCUT2D eigenvalue weighted by molar-refractivity contribution is 7.15. The van der Waals surface area contributed by atoms with Gasteiger partial charge in [-0.25, -0.2) is 0 Å². The lowest BCUT2D eigenvalue weighted by molar-refractivity contribution is -0.126. The first-order valence-corrected chi connectivity index (χ1v) is 10.7. The molecule has 0 aliphatic carbocycles. The van der Waals surface area contributed by atoms with Gasteiger partial charge < -0.3 is 0 Å². The fraction of sp³-hybridized carbons (Fsp3) is 0.391. The summed E-state index contributed by atoms with van der Waals surface area (Å²) in [7, 11) is 0.